The molecule has 0 aromatic heterocycles. The Hall–Kier alpha value is 0.268. The normalized spacial score (nSPS) is 25.6. The number of hydrogen-bond acceptors (Lipinski definition) is 4. The van der Waals surface area contributed by atoms with E-state index in [1.54, 1.807) is 0 Å². The van der Waals surface area contributed by atoms with Crippen molar-refractivity contribution in [3.8, 4) is 11.5 Å². The molecule has 0 aromatic rings. The fourth-order valence-corrected chi connectivity index (χ4v) is 8.06. The van der Waals surface area contributed by atoms with E-state index < -0.39 is 33.0 Å². The zero-order valence-corrected chi connectivity index (χ0v) is 32.0. The Morgan fingerprint density at radius 2 is 1.00 bits per heavy atom. The van der Waals surface area contributed by atoms with Gasteiger partial charge in [0.2, 0.25) is 0 Å². The molecule has 1 saturated heterocycles. The summed E-state index contributed by atoms with van der Waals surface area (Å²) < 4.78 is 28.2. The molecule has 1 aliphatic heterocycles. The zero-order valence-electron chi connectivity index (χ0n) is 28.0. The topological polar surface area (TPSA) is 36.9 Å². The zero-order chi connectivity index (χ0) is 29.6. The van der Waals surface area contributed by atoms with Crippen LogP contribution in [0.5, 0.6) is 0 Å². The van der Waals surface area contributed by atoms with Crippen molar-refractivity contribution in [2.45, 2.75) is 174 Å². The molecule has 1 aliphatic rings. The molecule has 0 N–H and O–H groups in total. The van der Waals surface area contributed by atoms with Crippen LogP contribution in [0.2, 0.25) is 74.0 Å². The van der Waals surface area contributed by atoms with Gasteiger partial charge in [-0.2, -0.15) is 0 Å². The second-order valence-corrected chi connectivity index (χ2v) is 35.8. The van der Waals surface area contributed by atoms with E-state index in [0.29, 0.717) is 0 Å². The summed E-state index contributed by atoms with van der Waals surface area (Å²) in [6.07, 6.45) is -1.09. The van der Waals surface area contributed by atoms with E-state index >= 15 is 0 Å². The molecule has 5 atom stereocenters. The second-order valence-electron chi connectivity index (χ2n) is 16.8. The highest BCUT2D eigenvalue weighted by atomic mass is 28.4. The Labute approximate surface area is 235 Å². The lowest BCUT2D eigenvalue weighted by Gasteiger charge is -2.45. The van der Waals surface area contributed by atoms with E-state index in [9.17, 15) is 0 Å². The van der Waals surface area contributed by atoms with E-state index in [0.717, 1.165) is 0 Å². The van der Waals surface area contributed by atoms with Crippen molar-refractivity contribution in [1.82, 2.24) is 0 Å². The molecule has 37 heavy (non-hydrogen) atoms. The lowest BCUT2D eigenvalue weighted by molar-refractivity contribution is -0.0401. The van der Waals surface area contributed by atoms with Crippen molar-refractivity contribution in [2.75, 3.05) is 0 Å². The molecular weight excluding hydrogens is 525 g/mol. The maximum absolute atomic E-state index is 7.22. The SMILES string of the molecule is C[C@@H](O[Si](C)(C)C(C)(C)C)[C@@H]1O[C@H](C#C[Si](C)(C)C)[C@H](O[Si](C)(C)C(C)(C)C)[C@H]1O[Si](C)(C)C(C)(C)C. The summed E-state index contributed by atoms with van der Waals surface area (Å²) in [7, 11) is -7.87. The van der Waals surface area contributed by atoms with Crippen LogP contribution in [0.3, 0.4) is 0 Å². The van der Waals surface area contributed by atoms with Gasteiger partial charge in [0.05, 0.1) is 6.10 Å². The van der Waals surface area contributed by atoms with Gasteiger partial charge in [0, 0.05) is 0 Å². The highest BCUT2D eigenvalue weighted by molar-refractivity contribution is 6.83. The molecular formula is C29H62O4Si4. The van der Waals surface area contributed by atoms with Crippen molar-refractivity contribution in [1.29, 1.82) is 0 Å². The van der Waals surface area contributed by atoms with Gasteiger partial charge in [0.1, 0.15) is 32.5 Å². The molecule has 0 bridgehead atoms. The average molecular weight is 587 g/mol. The van der Waals surface area contributed by atoms with E-state index in [4.69, 9.17) is 18.0 Å². The van der Waals surface area contributed by atoms with Gasteiger partial charge in [-0.05, 0) is 61.3 Å². The second kappa shape index (κ2) is 11.3. The van der Waals surface area contributed by atoms with Crippen LogP contribution < -0.4 is 0 Å². The predicted molar refractivity (Wildman–Crippen MR) is 172 cm³/mol. The van der Waals surface area contributed by atoms with Crippen LogP contribution in [-0.2, 0) is 18.0 Å². The van der Waals surface area contributed by atoms with Crippen molar-refractivity contribution < 1.29 is 18.0 Å². The Kier molecular flexibility index (Phi) is 10.8. The Morgan fingerprint density at radius 1 is 0.622 bits per heavy atom. The lowest BCUT2D eigenvalue weighted by atomic mass is 10.1. The predicted octanol–water partition coefficient (Wildman–Crippen LogP) is 8.83. The molecule has 0 aromatic carbocycles. The fraction of sp³-hybridized carbons (Fsp3) is 0.931. The van der Waals surface area contributed by atoms with Crippen LogP contribution in [0.25, 0.3) is 0 Å². The van der Waals surface area contributed by atoms with Crippen molar-refractivity contribution in [3.63, 3.8) is 0 Å². The van der Waals surface area contributed by atoms with Crippen LogP contribution in [-0.4, -0.2) is 63.5 Å². The molecule has 1 fully saturated rings. The lowest BCUT2D eigenvalue weighted by Crippen LogP contribution is -2.56. The quantitative estimate of drug-likeness (QED) is 0.221. The molecule has 0 amide bonds. The van der Waals surface area contributed by atoms with Crippen molar-refractivity contribution in [2.24, 2.45) is 0 Å². The summed E-state index contributed by atoms with van der Waals surface area (Å²) in [5.41, 5.74) is 3.59. The van der Waals surface area contributed by atoms with Gasteiger partial charge in [0.15, 0.2) is 25.0 Å². The number of rotatable bonds is 7. The van der Waals surface area contributed by atoms with Crippen LogP contribution in [0.15, 0.2) is 0 Å². The summed E-state index contributed by atoms with van der Waals surface area (Å²) >= 11 is 0. The summed E-state index contributed by atoms with van der Waals surface area (Å²) in [6, 6.07) is 0. The summed E-state index contributed by atoms with van der Waals surface area (Å²) in [6.45, 7) is 43.6. The first-order valence-corrected chi connectivity index (χ1v) is 26.5. The molecule has 1 rings (SSSR count). The summed E-state index contributed by atoms with van der Waals surface area (Å²) in [4.78, 5) is 0. The highest BCUT2D eigenvalue weighted by Crippen LogP contribution is 2.45. The standard InChI is InChI=1S/C29H62O4Si4/c1-22(31-35(14,15)27(2,3)4)24-26(33-37(18,19)29(8,9)10)25(32-36(16,17)28(5,6)7)23(30-24)20-21-34(11,12)13/h22-26H,1-19H3/t22-,23-,24+,25+,26+/m1/s1. The average Bonchev–Trinajstić information content (AvgIpc) is 2.92. The van der Waals surface area contributed by atoms with Gasteiger partial charge in [-0.15, -0.1) is 5.54 Å². The molecule has 0 unspecified atom stereocenters. The van der Waals surface area contributed by atoms with Crippen molar-refractivity contribution in [3.05, 3.63) is 0 Å². The molecule has 8 heteroatoms. The third-order valence-corrected chi connectivity index (χ3v) is 23.5. The molecule has 218 valence electrons. The van der Waals surface area contributed by atoms with E-state index in [-0.39, 0.29) is 45.6 Å². The summed E-state index contributed by atoms with van der Waals surface area (Å²) in [5.74, 6) is 3.56. The van der Waals surface area contributed by atoms with E-state index in [1.165, 1.54) is 0 Å². The monoisotopic (exact) mass is 586 g/mol. The minimum absolute atomic E-state index is 0.0741. The van der Waals surface area contributed by atoms with Crippen LogP contribution in [0, 0.1) is 11.5 Å². The van der Waals surface area contributed by atoms with Gasteiger partial charge in [-0.3, -0.25) is 0 Å². The third-order valence-electron chi connectivity index (χ3n) is 9.06. The van der Waals surface area contributed by atoms with Gasteiger partial charge in [-0.1, -0.05) is 87.9 Å². The maximum Gasteiger partial charge on any atom is 0.192 e. The molecule has 4 nitrogen and oxygen atoms in total. The smallest absolute Gasteiger partial charge is 0.192 e. The first kappa shape index (κ1) is 35.3. The summed E-state index contributed by atoms with van der Waals surface area (Å²) in [5, 5.41) is 0.265. The molecule has 0 radical (unpaired) electrons. The Balaban J connectivity index is 3.67. The molecule has 0 saturated carbocycles. The van der Waals surface area contributed by atoms with Gasteiger partial charge < -0.3 is 18.0 Å². The van der Waals surface area contributed by atoms with Gasteiger partial charge in [-0.25, -0.2) is 0 Å². The van der Waals surface area contributed by atoms with Crippen LogP contribution in [0.1, 0.15) is 69.2 Å². The number of hydrogen-bond donors (Lipinski definition) is 0. The van der Waals surface area contributed by atoms with Crippen LogP contribution >= 0.6 is 0 Å². The molecule has 0 spiro atoms. The third kappa shape index (κ3) is 9.14. The molecule has 1 heterocycles. The number of ether oxygens (including phenoxy) is 1. The molecule has 0 aliphatic carbocycles. The van der Waals surface area contributed by atoms with E-state index in [2.05, 4.69) is 140 Å². The fourth-order valence-electron chi connectivity index (χ4n) is 3.47. The maximum atomic E-state index is 7.22. The Bertz CT molecular complexity index is 830. The first-order valence-electron chi connectivity index (χ1n) is 14.2. The first-order chi connectivity index (χ1) is 16.0. The van der Waals surface area contributed by atoms with Crippen LogP contribution in [0.4, 0.5) is 0 Å². The van der Waals surface area contributed by atoms with Gasteiger partial charge >= 0.3 is 0 Å². The van der Waals surface area contributed by atoms with Gasteiger partial charge in [0.25, 0.3) is 0 Å². The Morgan fingerprint density at radius 3 is 1.35 bits per heavy atom. The minimum Gasteiger partial charge on any atom is -0.411 e. The minimum atomic E-state index is -2.13. The largest absolute Gasteiger partial charge is 0.411 e. The van der Waals surface area contributed by atoms with Crippen molar-refractivity contribution >= 4 is 33.0 Å². The van der Waals surface area contributed by atoms with E-state index in [1.807, 2.05) is 0 Å². The highest BCUT2D eigenvalue weighted by Gasteiger charge is 2.55.